The molecule has 1 aromatic heterocycles. The molecule has 1 heterocycles. The van der Waals surface area contributed by atoms with E-state index < -0.39 is 18.1 Å². The summed E-state index contributed by atoms with van der Waals surface area (Å²) >= 11 is 0. The van der Waals surface area contributed by atoms with Crippen LogP contribution in [0.25, 0.3) is 0 Å². The number of nitrogens with zero attached hydrogens (tertiary/aromatic N) is 2. The monoisotopic (exact) mass is 256 g/mol. The van der Waals surface area contributed by atoms with Gasteiger partial charge < -0.3 is 20.8 Å². The van der Waals surface area contributed by atoms with Crippen LogP contribution in [0.15, 0.2) is 12.3 Å². The van der Waals surface area contributed by atoms with Crippen LogP contribution < -0.4 is 10.6 Å². The maximum Gasteiger partial charge on any atom is 0.332 e. The highest BCUT2D eigenvalue weighted by Crippen LogP contribution is 1.93. The van der Waals surface area contributed by atoms with Crippen molar-refractivity contribution < 1.29 is 19.8 Å². The molecule has 1 aromatic rings. The molecule has 0 saturated carbocycles. The molecule has 0 unspecified atom stereocenters. The molecule has 1 rings (SSSR count). The number of urea groups is 1. The predicted molar refractivity (Wildman–Crippen MR) is 61.7 cm³/mol. The largest absolute Gasteiger partial charge is 0.479 e. The Morgan fingerprint density at radius 1 is 1.50 bits per heavy atom. The van der Waals surface area contributed by atoms with Crippen LogP contribution >= 0.6 is 0 Å². The standard InChI is InChI=1S/C10H16N4O4/c1-14-5-3-7(13-14)6-12-10(18)11-4-2-8(15)9(16)17/h3,5,8,15H,2,4,6H2,1H3,(H,16,17)(H2,11,12,18)/t8-/m0/s1. The topological polar surface area (TPSA) is 116 Å². The van der Waals surface area contributed by atoms with E-state index in [-0.39, 0.29) is 19.5 Å². The van der Waals surface area contributed by atoms with Crippen LogP contribution in [0, 0.1) is 0 Å². The summed E-state index contributed by atoms with van der Waals surface area (Å²) in [4.78, 5) is 21.6. The van der Waals surface area contributed by atoms with Gasteiger partial charge in [-0.1, -0.05) is 0 Å². The average Bonchev–Trinajstić information content (AvgIpc) is 2.72. The van der Waals surface area contributed by atoms with Gasteiger partial charge in [0.2, 0.25) is 0 Å². The van der Waals surface area contributed by atoms with Crippen LogP contribution in [0.4, 0.5) is 4.79 Å². The molecule has 0 radical (unpaired) electrons. The molecule has 8 heteroatoms. The van der Waals surface area contributed by atoms with Gasteiger partial charge in [-0.05, 0) is 6.07 Å². The maximum atomic E-state index is 11.3. The van der Waals surface area contributed by atoms with E-state index in [4.69, 9.17) is 10.2 Å². The van der Waals surface area contributed by atoms with Gasteiger partial charge in [-0.25, -0.2) is 9.59 Å². The van der Waals surface area contributed by atoms with E-state index in [1.54, 1.807) is 24.0 Å². The minimum absolute atomic E-state index is 0.0354. The second kappa shape index (κ2) is 6.60. The SMILES string of the molecule is Cn1ccc(CNC(=O)NCC[C@H](O)C(=O)O)n1. The van der Waals surface area contributed by atoms with E-state index in [2.05, 4.69) is 15.7 Å². The zero-order chi connectivity index (χ0) is 13.5. The second-order valence-corrected chi connectivity index (χ2v) is 3.73. The number of aliphatic hydroxyl groups excluding tert-OH is 1. The minimum Gasteiger partial charge on any atom is -0.479 e. The summed E-state index contributed by atoms with van der Waals surface area (Å²) in [5.41, 5.74) is 0.721. The number of hydrogen-bond donors (Lipinski definition) is 4. The zero-order valence-corrected chi connectivity index (χ0v) is 9.96. The number of rotatable bonds is 6. The number of amides is 2. The van der Waals surface area contributed by atoms with Gasteiger partial charge in [-0.15, -0.1) is 0 Å². The molecule has 8 nitrogen and oxygen atoms in total. The zero-order valence-electron chi connectivity index (χ0n) is 9.96. The van der Waals surface area contributed by atoms with Crippen molar-refractivity contribution in [3.63, 3.8) is 0 Å². The van der Waals surface area contributed by atoms with Gasteiger partial charge in [-0.3, -0.25) is 4.68 Å². The lowest BCUT2D eigenvalue weighted by molar-refractivity contribution is -0.146. The first-order valence-corrected chi connectivity index (χ1v) is 5.40. The fourth-order valence-corrected chi connectivity index (χ4v) is 1.24. The molecule has 0 fully saturated rings. The van der Waals surface area contributed by atoms with Crippen LogP contribution in [-0.4, -0.2) is 44.6 Å². The smallest absolute Gasteiger partial charge is 0.332 e. The number of carboxylic acid groups (broad SMARTS) is 1. The summed E-state index contributed by atoms with van der Waals surface area (Å²) < 4.78 is 1.62. The lowest BCUT2D eigenvalue weighted by Gasteiger charge is -2.08. The summed E-state index contributed by atoms with van der Waals surface area (Å²) in [6.07, 6.45) is 0.269. The van der Waals surface area contributed by atoms with Crippen molar-refractivity contribution in [3.05, 3.63) is 18.0 Å². The average molecular weight is 256 g/mol. The Morgan fingerprint density at radius 2 is 2.22 bits per heavy atom. The first kappa shape index (κ1) is 14.0. The van der Waals surface area contributed by atoms with E-state index >= 15 is 0 Å². The molecule has 2 amide bonds. The van der Waals surface area contributed by atoms with Crippen molar-refractivity contribution in [2.45, 2.75) is 19.1 Å². The normalized spacial score (nSPS) is 11.9. The van der Waals surface area contributed by atoms with Crippen LogP contribution in [0.1, 0.15) is 12.1 Å². The molecule has 4 N–H and O–H groups in total. The number of carbonyl (C=O) groups is 2. The summed E-state index contributed by atoms with van der Waals surface area (Å²) in [5.74, 6) is -1.30. The third-order valence-corrected chi connectivity index (χ3v) is 2.19. The molecule has 0 bridgehead atoms. The van der Waals surface area contributed by atoms with E-state index in [0.717, 1.165) is 5.69 Å². The van der Waals surface area contributed by atoms with E-state index in [1.807, 2.05) is 0 Å². The summed E-state index contributed by atoms with van der Waals surface area (Å²) in [6.45, 7) is 0.371. The number of aliphatic hydroxyl groups is 1. The second-order valence-electron chi connectivity index (χ2n) is 3.73. The van der Waals surface area contributed by atoms with E-state index in [0.29, 0.717) is 0 Å². The van der Waals surface area contributed by atoms with Gasteiger partial charge in [0.15, 0.2) is 6.10 Å². The van der Waals surface area contributed by atoms with Gasteiger partial charge in [-0.2, -0.15) is 5.10 Å². The van der Waals surface area contributed by atoms with Crippen molar-refractivity contribution in [3.8, 4) is 0 Å². The molecule has 100 valence electrons. The lowest BCUT2D eigenvalue weighted by atomic mass is 10.2. The Morgan fingerprint density at radius 3 is 2.78 bits per heavy atom. The highest BCUT2D eigenvalue weighted by atomic mass is 16.4. The summed E-state index contributed by atoms with van der Waals surface area (Å²) in [7, 11) is 1.77. The molecular formula is C10H16N4O4. The van der Waals surface area contributed by atoms with Crippen LogP contribution in [0.3, 0.4) is 0 Å². The number of aromatic nitrogens is 2. The van der Waals surface area contributed by atoms with Gasteiger partial charge in [0, 0.05) is 26.2 Å². The van der Waals surface area contributed by atoms with Crippen molar-refractivity contribution in [1.29, 1.82) is 0 Å². The first-order valence-electron chi connectivity index (χ1n) is 5.40. The number of aliphatic carboxylic acids is 1. The molecule has 0 aromatic carbocycles. The Bertz CT molecular complexity index is 418. The van der Waals surface area contributed by atoms with Gasteiger partial charge in [0.1, 0.15) is 0 Å². The Labute approximate surface area is 104 Å². The van der Waals surface area contributed by atoms with Gasteiger partial charge in [0.05, 0.1) is 12.2 Å². The van der Waals surface area contributed by atoms with Crippen molar-refractivity contribution in [2.24, 2.45) is 7.05 Å². The molecule has 0 spiro atoms. The molecule has 1 atom stereocenters. The molecular weight excluding hydrogens is 240 g/mol. The van der Waals surface area contributed by atoms with Crippen molar-refractivity contribution >= 4 is 12.0 Å². The number of carboxylic acids is 1. The fourth-order valence-electron chi connectivity index (χ4n) is 1.24. The van der Waals surface area contributed by atoms with Crippen molar-refractivity contribution in [2.75, 3.05) is 6.54 Å². The lowest BCUT2D eigenvalue weighted by Crippen LogP contribution is -2.37. The third kappa shape index (κ3) is 4.83. The molecule has 0 saturated heterocycles. The number of hydrogen-bond acceptors (Lipinski definition) is 4. The highest BCUT2D eigenvalue weighted by Gasteiger charge is 2.12. The van der Waals surface area contributed by atoms with E-state index in [1.165, 1.54) is 0 Å². The van der Waals surface area contributed by atoms with Crippen LogP contribution in [0.2, 0.25) is 0 Å². The fraction of sp³-hybridized carbons (Fsp3) is 0.500. The number of carbonyl (C=O) groups excluding carboxylic acids is 1. The van der Waals surface area contributed by atoms with Crippen LogP contribution in [-0.2, 0) is 18.4 Å². The van der Waals surface area contributed by atoms with E-state index in [9.17, 15) is 9.59 Å². The van der Waals surface area contributed by atoms with Crippen molar-refractivity contribution in [1.82, 2.24) is 20.4 Å². The molecule has 0 aliphatic carbocycles. The quantitative estimate of drug-likeness (QED) is 0.524. The predicted octanol–water partition coefficient (Wildman–Crippen LogP) is -0.945. The highest BCUT2D eigenvalue weighted by molar-refractivity contribution is 5.74. The maximum absolute atomic E-state index is 11.3. The minimum atomic E-state index is -1.46. The third-order valence-electron chi connectivity index (χ3n) is 2.19. The summed E-state index contributed by atoms with van der Waals surface area (Å²) in [6, 6.07) is 1.34. The number of nitrogens with one attached hydrogen (secondary N) is 2. The van der Waals surface area contributed by atoms with Gasteiger partial charge >= 0.3 is 12.0 Å². The number of aryl methyl sites for hydroxylation is 1. The Hall–Kier alpha value is -2.09. The summed E-state index contributed by atoms with van der Waals surface area (Å²) in [5, 5.41) is 26.4. The van der Waals surface area contributed by atoms with Crippen LogP contribution in [0.5, 0.6) is 0 Å². The Balaban J connectivity index is 2.16. The molecule has 18 heavy (non-hydrogen) atoms. The van der Waals surface area contributed by atoms with Gasteiger partial charge in [0.25, 0.3) is 0 Å². The molecule has 0 aliphatic rings. The molecule has 0 aliphatic heterocycles. The first-order chi connectivity index (χ1) is 8.49. The Kier molecular flexibility index (Phi) is 5.12.